The molecule has 1 unspecified atom stereocenters. The van der Waals surface area contributed by atoms with Crippen LogP contribution in [0.4, 0.5) is 4.39 Å². The quantitative estimate of drug-likeness (QED) is 0.825. The van der Waals surface area contributed by atoms with Gasteiger partial charge in [-0.3, -0.25) is 0 Å². The minimum absolute atomic E-state index is 0.0228. The van der Waals surface area contributed by atoms with E-state index >= 15 is 0 Å². The zero-order chi connectivity index (χ0) is 11.6. The Morgan fingerprint density at radius 3 is 2.40 bits per heavy atom. The smallest absolute Gasteiger partial charge is 0.142 e. The van der Waals surface area contributed by atoms with Gasteiger partial charge in [0.25, 0.3) is 0 Å². The number of rotatable bonds is 2. The summed E-state index contributed by atoms with van der Waals surface area (Å²) < 4.78 is 13.3. The lowest BCUT2D eigenvalue weighted by atomic mass is 9.76. The lowest BCUT2D eigenvalue weighted by Gasteiger charge is -2.30. The summed E-state index contributed by atoms with van der Waals surface area (Å²) in [5, 5.41) is 0.156. The van der Waals surface area contributed by atoms with Gasteiger partial charge in [-0.05, 0) is 29.7 Å². The summed E-state index contributed by atoms with van der Waals surface area (Å²) in [5.74, 6) is -0.235. The Kier molecular flexibility index (Phi) is 3.74. The van der Waals surface area contributed by atoms with Crippen molar-refractivity contribution in [2.24, 2.45) is 11.1 Å². The molecular formula is C12H17ClFN. The summed E-state index contributed by atoms with van der Waals surface area (Å²) in [5.41, 5.74) is 6.66. The van der Waals surface area contributed by atoms with Crippen LogP contribution in [0.15, 0.2) is 18.2 Å². The van der Waals surface area contributed by atoms with E-state index in [4.69, 9.17) is 17.3 Å². The Hall–Kier alpha value is -0.600. The van der Waals surface area contributed by atoms with Crippen molar-refractivity contribution in [3.8, 4) is 0 Å². The zero-order valence-electron chi connectivity index (χ0n) is 9.35. The summed E-state index contributed by atoms with van der Waals surface area (Å²) in [7, 11) is 0. The van der Waals surface area contributed by atoms with Crippen LogP contribution in [0.25, 0.3) is 0 Å². The Balaban J connectivity index is 3.08. The molecule has 1 nitrogen and oxygen atoms in total. The van der Waals surface area contributed by atoms with Gasteiger partial charge in [0.1, 0.15) is 5.82 Å². The summed E-state index contributed by atoms with van der Waals surface area (Å²) in [6.45, 7) is 6.79. The fraction of sp³-hybridized carbons (Fsp3) is 0.500. The van der Waals surface area contributed by atoms with E-state index in [-0.39, 0.29) is 22.2 Å². The Morgan fingerprint density at radius 1 is 1.40 bits per heavy atom. The first-order valence-electron chi connectivity index (χ1n) is 5.01. The van der Waals surface area contributed by atoms with Gasteiger partial charge in [0.05, 0.1) is 5.02 Å². The second-order valence-electron chi connectivity index (χ2n) is 4.83. The van der Waals surface area contributed by atoms with Gasteiger partial charge in [-0.2, -0.15) is 0 Å². The molecule has 0 aliphatic heterocycles. The molecule has 1 rings (SSSR count). The maximum atomic E-state index is 13.3. The van der Waals surface area contributed by atoms with E-state index in [1.165, 1.54) is 6.07 Å². The molecule has 0 heterocycles. The van der Waals surface area contributed by atoms with Crippen molar-refractivity contribution in [3.63, 3.8) is 0 Å². The van der Waals surface area contributed by atoms with Crippen LogP contribution in [0, 0.1) is 11.2 Å². The average molecular weight is 230 g/mol. The molecule has 1 atom stereocenters. The molecule has 0 aliphatic rings. The standard InChI is InChI=1S/C12H17ClFN/c1-12(2,3)9(7-15)8-4-5-10(13)11(14)6-8/h4-6,9H,7,15H2,1-3H3. The van der Waals surface area contributed by atoms with Crippen molar-refractivity contribution in [1.29, 1.82) is 0 Å². The minimum Gasteiger partial charge on any atom is -0.330 e. The van der Waals surface area contributed by atoms with Crippen LogP contribution in [-0.4, -0.2) is 6.54 Å². The third-order valence-electron chi connectivity index (χ3n) is 2.63. The maximum absolute atomic E-state index is 13.3. The van der Waals surface area contributed by atoms with Crippen LogP contribution in [0.3, 0.4) is 0 Å². The molecule has 15 heavy (non-hydrogen) atoms. The SMILES string of the molecule is CC(C)(C)C(CN)c1ccc(Cl)c(F)c1. The Labute approximate surface area is 95.4 Å². The topological polar surface area (TPSA) is 26.0 Å². The average Bonchev–Trinajstić information content (AvgIpc) is 2.10. The molecule has 2 N–H and O–H groups in total. The molecule has 84 valence electrons. The van der Waals surface area contributed by atoms with Crippen molar-refractivity contribution in [1.82, 2.24) is 0 Å². The minimum atomic E-state index is -0.378. The molecule has 0 spiro atoms. The summed E-state index contributed by atoms with van der Waals surface area (Å²) in [4.78, 5) is 0. The molecule has 0 saturated carbocycles. The first-order valence-corrected chi connectivity index (χ1v) is 5.39. The van der Waals surface area contributed by atoms with Gasteiger partial charge >= 0.3 is 0 Å². The van der Waals surface area contributed by atoms with Crippen molar-refractivity contribution in [2.45, 2.75) is 26.7 Å². The largest absolute Gasteiger partial charge is 0.330 e. The normalized spacial score (nSPS) is 14.0. The molecule has 0 aliphatic carbocycles. The Bertz CT molecular complexity index is 344. The van der Waals surface area contributed by atoms with Gasteiger partial charge in [-0.1, -0.05) is 38.4 Å². The van der Waals surface area contributed by atoms with E-state index in [1.807, 2.05) is 6.07 Å². The summed E-state index contributed by atoms with van der Waals surface area (Å²) in [6.07, 6.45) is 0. The molecule has 0 aromatic heterocycles. The van der Waals surface area contributed by atoms with Crippen molar-refractivity contribution < 1.29 is 4.39 Å². The van der Waals surface area contributed by atoms with Crippen molar-refractivity contribution >= 4 is 11.6 Å². The van der Waals surface area contributed by atoms with E-state index in [0.717, 1.165) is 5.56 Å². The predicted molar refractivity (Wildman–Crippen MR) is 62.7 cm³/mol. The van der Waals surface area contributed by atoms with Gasteiger partial charge in [0.2, 0.25) is 0 Å². The van der Waals surface area contributed by atoms with Crippen LogP contribution in [0.5, 0.6) is 0 Å². The third-order valence-corrected chi connectivity index (χ3v) is 2.93. The van der Waals surface area contributed by atoms with Crippen LogP contribution in [-0.2, 0) is 0 Å². The van der Waals surface area contributed by atoms with Crippen LogP contribution >= 0.6 is 11.6 Å². The van der Waals surface area contributed by atoms with Crippen LogP contribution in [0.1, 0.15) is 32.3 Å². The maximum Gasteiger partial charge on any atom is 0.142 e. The number of halogens is 2. The molecule has 1 aromatic carbocycles. The first kappa shape index (κ1) is 12.5. The van der Waals surface area contributed by atoms with E-state index < -0.39 is 0 Å². The fourth-order valence-electron chi connectivity index (χ4n) is 1.72. The van der Waals surface area contributed by atoms with E-state index in [0.29, 0.717) is 6.54 Å². The molecule has 0 bridgehead atoms. The zero-order valence-corrected chi connectivity index (χ0v) is 10.1. The number of nitrogens with two attached hydrogens (primary N) is 1. The predicted octanol–water partition coefficient (Wildman–Crippen LogP) is 3.57. The fourth-order valence-corrected chi connectivity index (χ4v) is 1.84. The van der Waals surface area contributed by atoms with Gasteiger partial charge in [0.15, 0.2) is 0 Å². The van der Waals surface area contributed by atoms with Gasteiger partial charge in [0, 0.05) is 5.92 Å². The van der Waals surface area contributed by atoms with E-state index in [9.17, 15) is 4.39 Å². The highest BCUT2D eigenvalue weighted by Crippen LogP contribution is 2.35. The third kappa shape index (κ3) is 2.93. The monoisotopic (exact) mass is 229 g/mol. The number of benzene rings is 1. The van der Waals surface area contributed by atoms with Crippen molar-refractivity contribution in [2.75, 3.05) is 6.54 Å². The number of hydrogen-bond acceptors (Lipinski definition) is 1. The molecule has 1 aromatic rings. The van der Waals surface area contributed by atoms with Crippen LogP contribution < -0.4 is 5.73 Å². The highest BCUT2D eigenvalue weighted by Gasteiger charge is 2.25. The molecular weight excluding hydrogens is 213 g/mol. The molecule has 0 saturated heterocycles. The lowest BCUT2D eigenvalue weighted by Crippen LogP contribution is -2.26. The molecule has 0 radical (unpaired) electrons. The van der Waals surface area contributed by atoms with Gasteiger partial charge < -0.3 is 5.73 Å². The lowest BCUT2D eigenvalue weighted by molar-refractivity contribution is 0.325. The first-order chi connectivity index (χ1) is 6.86. The number of hydrogen-bond donors (Lipinski definition) is 1. The Morgan fingerprint density at radius 2 is 2.00 bits per heavy atom. The van der Waals surface area contributed by atoms with Gasteiger partial charge in [-0.25, -0.2) is 4.39 Å². The van der Waals surface area contributed by atoms with Crippen LogP contribution in [0.2, 0.25) is 5.02 Å². The highest BCUT2D eigenvalue weighted by molar-refractivity contribution is 6.30. The second-order valence-corrected chi connectivity index (χ2v) is 5.24. The van der Waals surface area contributed by atoms with E-state index in [1.54, 1.807) is 6.07 Å². The van der Waals surface area contributed by atoms with Crippen molar-refractivity contribution in [3.05, 3.63) is 34.6 Å². The molecule has 3 heteroatoms. The summed E-state index contributed by atoms with van der Waals surface area (Å²) in [6, 6.07) is 4.90. The van der Waals surface area contributed by atoms with Gasteiger partial charge in [-0.15, -0.1) is 0 Å². The molecule has 0 amide bonds. The second kappa shape index (κ2) is 4.50. The molecule has 0 fully saturated rings. The van der Waals surface area contributed by atoms with E-state index in [2.05, 4.69) is 20.8 Å². The highest BCUT2D eigenvalue weighted by atomic mass is 35.5. The summed E-state index contributed by atoms with van der Waals surface area (Å²) >= 11 is 5.64.